The third kappa shape index (κ3) is 6.18. The maximum absolute atomic E-state index is 12.4. The predicted molar refractivity (Wildman–Crippen MR) is 123 cm³/mol. The number of hydrogen-bond donors (Lipinski definition) is 2. The lowest BCUT2D eigenvalue weighted by Crippen LogP contribution is -2.33. The lowest BCUT2D eigenvalue weighted by molar-refractivity contribution is -0.117. The number of anilines is 1. The summed E-state index contributed by atoms with van der Waals surface area (Å²) in [6.45, 7) is 3.10. The largest absolute Gasteiger partial charge is 0.493 e. The summed E-state index contributed by atoms with van der Waals surface area (Å²) in [7, 11) is 0. The quantitative estimate of drug-likeness (QED) is 0.565. The van der Waals surface area contributed by atoms with Crippen LogP contribution in [0, 0.1) is 0 Å². The van der Waals surface area contributed by atoms with Gasteiger partial charge < -0.3 is 15.0 Å². The summed E-state index contributed by atoms with van der Waals surface area (Å²) in [5.41, 5.74) is 3.96. The number of hydrogen-bond acceptors (Lipinski definition) is 4. The van der Waals surface area contributed by atoms with Crippen molar-refractivity contribution < 1.29 is 9.53 Å². The van der Waals surface area contributed by atoms with Gasteiger partial charge in [0.05, 0.1) is 31.4 Å². The summed E-state index contributed by atoms with van der Waals surface area (Å²) in [6.07, 6.45) is 9.19. The van der Waals surface area contributed by atoms with Gasteiger partial charge in [-0.15, -0.1) is 0 Å². The van der Waals surface area contributed by atoms with E-state index in [1.54, 1.807) is 12.5 Å². The van der Waals surface area contributed by atoms with E-state index >= 15 is 0 Å². The summed E-state index contributed by atoms with van der Waals surface area (Å²) in [4.78, 5) is 21.8. The van der Waals surface area contributed by atoms with E-state index in [2.05, 4.69) is 20.2 Å². The highest BCUT2D eigenvalue weighted by Gasteiger charge is 2.13. The molecular weight excluding hydrogens is 388 g/mol. The van der Waals surface area contributed by atoms with Gasteiger partial charge in [-0.05, 0) is 55.8 Å². The van der Waals surface area contributed by atoms with E-state index < -0.39 is 0 Å². The maximum Gasteiger partial charge on any atom is 0.238 e. The Kier molecular flexibility index (Phi) is 7.34. The van der Waals surface area contributed by atoms with Crippen molar-refractivity contribution in [1.29, 1.82) is 0 Å². The molecule has 4 rings (SSSR count). The van der Waals surface area contributed by atoms with Crippen molar-refractivity contribution in [2.45, 2.75) is 32.1 Å². The first-order chi connectivity index (χ1) is 15.3. The van der Waals surface area contributed by atoms with Crippen LogP contribution in [0.4, 0.5) is 5.69 Å². The summed E-state index contributed by atoms with van der Waals surface area (Å²) in [5, 5.41) is 3.02. The number of aromatic amines is 1. The Hall–Kier alpha value is -3.12. The molecule has 31 heavy (non-hydrogen) atoms. The summed E-state index contributed by atoms with van der Waals surface area (Å²) in [6, 6.07) is 16.0. The smallest absolute Gasteiger partial charge is 0.238 e. The highest BCUT2D eigenvalue weighted by molar-refractivity contribution is 5.92. The van der Waals surface area contributed by atoms with Crippen LogP contribution in [-0.2, 0) is 11.2 Å². The van der Waals surface area contributed by atoms with Crippen molar-refractivity contribution in [3.63, 3.8) is 0 Å². The number of likely N-dealkylation sites (tertiary alicyclic amines) is 1. The van der Waals surface area contributed by atoms with Gasteiger partial charge in [-0.3, -0.25) is 9.69 Å². The second-order valence-corrected chi connectivity index (χ2v) is 8.00. The van der Waals surface area contributed by atoms with Gasteiger partial charge in [0, 0.05) is 17.7 Å². The number of nitrogens with one attached hydrogen (secondary N) is 2. The normalized spacial score (nSPS) is 14.7. The lowest BCUT2D eigenvalue weighted by Gasteiger charge is -2.19. The van der Waals surface area contributed by atoms with Crippen LogP contribution in [0.1, 0.15) is 31.2 Å². The SMILES string of the molecule is O=C(CN1CCCCCC1)Nc1ccc(CCOc2ccccc2-c2cnc[nH]2)cc1. The summed E-state index contributed by atoms with van der Waals surface area (Å²) < 4.78 is 6.03. The molecular formula is C25H30N4O2. The number of para-hydroxylation sites is 1. The molecule has 1 fully saturated rings. The van der Waals surface area contributed by atoms with Crippen molar-refractivity contribution in [3.05, 3.63) is 66.6 Å². The average Bonchev–Trinajstić information content (AvgIpc) is 3.20. The second kappa shape index (κ2) is 10.8. The molecule has 2 N–H and O–H groups in total. The molecule has 0 radical (unpaired) electrons. The molecule has 0 unspecified atom stereocenters. The first kappa shape index (κ1) is 21.1. The topological polar surface area (TPSA) is 70.2 Å². The fraction of sp³-hybridized carbons (Fsp3) is 0.360. The Bertz CT molecular complexity index is 946. The molecule has 0 aliphatic carbocycles. The zero-order chi connectivity index (χ0) is 21.3. The molecule has 1 aliphatic heterocycles. The maximum atomic E-state index is 12.4. The van der Waals surface area contributed by atoms with Gasteiger partial charge in [0.25, 0.3) is 0 Å². The van der Waals surface area contributed by atoms with Crippen molar-refractivity contribution in [2.24, 2.45) is 0 Å². The molecule has 3 aromatic rings. The van der Waals surface area contributed by atoms with E-state index in [0.717, 1.165) is 42.2 Å². The van der Waals surface area contributed by atoms with Crippen LogP contribution in [0.3, 0.4) is 0 Å². The fourth-order valence-corrected chi connectivity index (χ4v) is 3.95. The monoisotopic (exact) mass is 418 g/mol. The minimum Gasteiger partial charge on any atom is -0.493 e. The van der Waals surface area contributed by atoms with Crippen LogP contribution in [-0.4, -0.2) is 47.0 Å². The lowest BCUT2D eigenvalue weighted by atomic mass is 10.1. The standard InChI is InChI=1S/C25H30N4O2/c30-25(18-29-14-5-1-2-6-15-29)28-21-11-9-20(10-12-21)13-16-31-24-8-4-3-7-22(24)23-17-26-19-27-23/h3-4,7-12,17,19H,1-2,5-6,13-16,18H2,(H,26,27)(H,28,30). The van der Waals surface area contributed by atoms with Crippen molar-refractivity contribution in [3.8, 4) is 17.0 Å². The zero-order valence-electron chi connectivity index (χ0n) is 17.8. The zero-order valence-corrected chi connectivity index (χ0v) is 17.8. The molecule has 2 heterocycles. The number of aromatic nitrogens is 2. The average molecular weight is 419 g/mol. The molecule has 0 spiro atoms. The second-order valence-electron chi connectivity index (χ2n) is 8.00. The van der Waals surface area contributed by atoms with E-state index in [1.807, 2.05) is 48.5 Å². The molecule has 6 heteroatoms. The van der Waals surface area contributed by atoms with Crippen LogP contribution in [0.25, 0.3) is 11.3 Å². The number of ether oxygens (including phenoxy) is 1. The molecule has 162 valence electrons. The van der Waals surface area contributed by atoms with Crippen LogP contribution in [0.5, 0.6) is 5.75 Å². The number of rotatable bonds is 8. The molecule has 1 aliphatic rings. The molecule has 0 saturated carbocycles. The van der Waals surface area contributed by atoms with Crippen molar-refractivity contribution in [2.75, 3.05) is 31.6 Å². The molecule has 2 aromatic carbocycles. The Morgan fingerprint density at radius 2 is 1.81 bits per heavy atom. The van der Waals surface area contributed by atoms with E-state index in [0.29, 0.717) is 13.2 Å². The van der Waals surface area contributed by atoms with Gasteiger partial charge in [0.1, 0.15) is 5.75 Å². The van der Waals surface area contributed by atoms with Gasteiger partial charge in [-0.1, -0.05) is 37.1 Å². The van der Waals surface area contributed by atoms with Crippen LogP contribution >= 0.6 is 0 Å². The third-order valence-electron chi connectivity index (χ3n) is 5.63. The van der Waals surface area contributed by atoms with Crippen LogP contribution < -0.4 is 10.1 Å². The summed E-state index contributed by atoms with van der Waals surface area (Å²) in [5.74, 6) is 0.901. The highest BCUT2D eigenvalue weighted by Crippen LogP contribution is 2.28. The number of amides is 1. The van der Waals surface area contributed by atoms with Crippen molar-refractivity contribution >= 4 is 11.6 Å². The van der Waals surface area contributed by atoms with Gasteiger partial charge >= 0.3 is 0 Å². The van der Waals surface area contributed by atoms with Crippen LogP contribution in [0.15, 0.2) is 61.1 Å². The van der Waals surface area contributed by atoms with Gasteiger partial charge in [-0.25, -0.2) is 4.98 Å². The van der Waals surface area contributed by atoms with Gasteiger partial charge in [0.2, 0.25) is 5.91 Å². The van der Waals surface area contributed by atoms with E-state index in [-0.39, 0.29) is 5.91 Å². The van der Waals surface area contributed by atoms with Crippen molar-refractivity contribution in [1.82, 2.24) is 14.9 Å². The first-order valence-electron chi connectivity index (χ1n) is 11.1. The minimum atomic E-state index is 0.0633. The van der Waals surface area contributed by atoms with E-state index in [1.165, 1.54) is 31.2 Å². The van der Waals surface area contributed by atoms with Gasteiger partial charge in [-0.2, -0.15) is 0 Å². The molecule has 0 atom stereocenters. The van der Waals surface area contributed by atoms with Gasteiger partial charge in [0.15, 0.2) is 0 Å². The first-order valence-corrected chi connectivity index (χ1v) is 11.1. The molecule has 1 aromatic heterocycles. The predicted octanol–water partition coefficient (Wildman–Crippen LogP) is 4.51. The molecule has 1 saturated heterocycles. The Labute approximate surface area is 183 Å². The number of imidazole rings is 1. The number of benzene rings is 2. The number of H-pyrrole nitrogens is 1. The Morgan fingerprint density at radius 1 is 1.03 bits per heavy atom. The molecule has 0 bridgehead atoms. The fourth-order valence-electron chi connectivity index (χ4n) is 3.95. The number of carbonyl (C=O) groups excluding carboxylic acids is 1. The third-order valence-corrected chi connectivity index (χ3v) is 5.63. The molecule has 1 amide bonds. The van der Waals surface area contributed by atoms with Crippen LogP contribution in [0.2, 0.25) is 0 Å². The van der Waals surface area contributed by atoms with E-state index in [4.69, 9.17) is 4.74 Å². The summed E-state index contributed by atoms with van der Waals surface area (Å²) >= 11 is 0. The Balaban J connectivity index is 1.25. The minimum absolute atomic E-state index is 0.0633. The molecule has 6 nitrogen and oxygen atoms in total. The Morgan fingerprint density at radius 3 is 2.55 bits per heavy atom. The number of nitrogens with zero attached hydrogens (tertiary/aromatic N) is 2. The number of carbonyl (C=O) groups is 1. The van der Waals surface area contributed by atoms with E-state index in [9.17, 15) is 4.79 Å². The highest BCUT2D eigenvalue weighted by atomic mass is 16.5.